The lowest BCUT2D eigenvalue weighted by molar-refractivity contribution is -0.111. The normalized spacial score (nSPS) is 12.9. The second kappa shape index (κ2) is 5.03. The van der Waals surface area contributed by atoms with E-state index in [-0.39, 0.29) is 5.91 Å². The molecular weight excluding hydrogens is 232 g/mol. The minimum atomic E-state index is -0.345. The fraction of sp³-hybridized carbons (Fsp3) is 0.385. The molecule has 2 rings (SSSR count). The molecule has 1 aromatic rings. The minimum Gasteiger partial charge on any atom is -0.306 e. The number of carbonyl (C=O) groups excluding carboxylic acids is 1. The third kappa shape index (κ3) is 2.33. The molecule has 0 fully saturated rings. The average molecular weight is 244 g/mol. The van der Waals surface area contributed by atoms with Gasteiger partial charge in [0.25, 0.3) is 0 Å². The molecule has 1 heterocycles. The van der Waals surface area contributed by atoms with Gasteiger partial charge in [0, 0.05) is 4.88 Å². The number of hydrogen-bond donors (Lipinski definition) is 1. The summed E-state index contributed by atoms with van der Waals surface area (Å²) in [7, 11) is 0. The van der Waals surface area contributed by atoms with Gasteiger partial charge in [-0.15, -0.1) is 11.3 Å². The minimum absolute atomic E-state index is 0.345. The van der Waals surface area contributed by atoms with Crippen molar-refractivity contribution < 1.29 is 4.79 Å². The van der Waals surface area contributed by atoms with Crippen molar-refractivity contribution in [3.63, 3.8) is 0 Å². The lowest BCUT2D eigenvalue weighted by Gasteiger charge is -2.09. The van der Waals surface area contributed by atoms with E-state index in [1.165, 1.54) is 22.6 Å². The highest BCUT2D eigenvalue weighted by atomic mass is 32.1. The molecule has 3 nitrogen and oxygen atoms in total. The highest BCUT2D eigenvalue weighted by molar-refractivity contribution is 7.16. The summed E-state index contributed by atoms with van der Waals surface area (Å²) in [5, 5.41) is 12.5. The van der Waals surface area contributed by atoms with Crippen molar-refractivity contribution >= 4 is 22.2 Å². The van der Waals surface area contributed by atoms with Gasteiger partial charge in [-0.05, 0) is 44.1 Å². The molecule has 86 valence electrons. The highest BCUT2D eigenvalue weighted by Crippen LogP contribution is 2.37. The molecule has 17 heavy (non-hydrogen) atoms. The van der Waals surface area contributed by atoms with Crippen molar-refractivity contribution in [2.24, 2.45) is 0 Å². The van der Waals surface area contributed by atoms with E-state index in [4.69, 9.17) is 0 Å². The molecule has 1 amide bonds. The molecule has 0 radical (unpaired) electrons. The van der Waals surface area contributed by atoms with Crippen LogP contribution in [0.25, 0.3) is 0 Å². The number of nitrogens with zero attached hydrogens (tertiary/aromatic N) is 1. The number of aryl methyl sites for hydroxylation is 1. The third-order valence-corrected chi connectivity index (χ3v) is 3.96. The van der Waals surface area contributed by atoms with Crippen molar-refractivity contribution in [3.05, 3.63) is 16.0 Å². The molecule has 0 aliphatic heterocycles. The Balaban J connectivity index is 2.34. The van der Waals surface area contributed by atoms with Gasteiger partial charge in [-0.25, -0.2) is 0 Å². The summed E-state index contributed by atoms with van der Waals surface area (Å²) in [6, 6.07) is 2.20. The summed E-state index contributed by atoms with van der Waals surface area (Å²) in [6.07, 6.45) is 4.26. The van der Waals surface area contributed by atoms with Gasteiger partial charge in [0.1, 0.15) is 11.1 Å². The van der Waals surface area contributed by atoms with Crippen LogP contribution in [0.4, 0.5) is 5.00 Å². The summed E-state index contributed by atoms with van der Waals surface area (Å²) in [5.41, 5.74) is 1.76. The first-order valence-electron chi connectivity index (χ1n) is 5.54. The Kier molecular flexibility index (Phi) is 3.46. The van der Waals surface area contributed by atoms with Crippen molar-refractivity contribution in [1.29, 1.82) is 5.26 Å². The van der Waals surface area contributed by atoms with Gasteiger partial charge < -0.3 is 5.32 Å². The summed E-state index contributed by atoms with van der Waals surface area (Å²) < 4.78 is 0. The fourth-order valence-corrected chi connectivity index (χ4v) is 3.25. The van der Waals surface area contributed by atoms with Gasteiger partial charge in [0.05, 0.1) is 5.56 Å². The zero-order valence-corrected chi connectivity index (χ0v) is 10.4. The van der Waals surface area contributed by atoms with E-state index in [2.05, 4.69) is 23.2 Å². The first kappa shape index (κ1) is 11.7. The summed E-state index contributed by atoms with van der Waals surface area (Å²) >= 11 is 1.52. The molecule has 4 heteroatoms. The van der Waals surface area contributed by atoms with E-state index in [0.717, 1.165) is 24.8 Å². The molecule has 1 N–H and O–H groups in total. The Morgan fingerprint density at radius 2 is 2.18 bits per heavy atom. The van der Waals surface area contributed by atoms with E-state index < -0.39 is 0 Å². The van der Waals surface area contributed by atoms with Crippen LogP contribution in [0.2, 0.25) is 0 Å². The van der Waals surface area contributed by atoms with E-state index in [1.807, 2.05) is 0 Å². The van der Waals surface area contributed by atoms with E-state index >= 15 is 0 Å². The Bertz CT molecular complexity index is 554. The number of amides is 1. The molecule has 1 aromatic heterocycles. The van der Waals surface area contributed by atoms with Crippen LogP contribution < -0.4 is 5.32 Å². The van der Waals surface area contributed by atoms with Crippen molar-refractivity contribution in [3.8, 4) is 17.9 Å². The summed E-state index contributed by atoms with van der Waals surface area (Å²) in [5.74, 6) is 4.62. The molecule has 1 aliphatic rings. The molecule has 0 spiro atoms. The van der Waals surface area contributed by atoms with Gasteiger partial charge in [-0.3, -0.25) is 4.79 Å². The Hall–Kier alpha value is -1.78. The van der Waals surface area contributed by atoms with Crippen LogP contribution in [0.5, 0.6) is 0 Å². The lowest BCUT2D eigenvalue weighted by Crippen LogP contribution is -2.08. The van der Waals surface area contributed by atoms with Gasteiger partial charge in [-0.1, -0.05) is 5.92 Å². The van der Waals surface area contributed by atoms with Gasteiger partial charge in [0.2, 0.25) is 0 Å². The number of nitriles is 1. The maximum Gasteiger partial charge on any atom is 0.300 e. The average Bonchev–Trinajstić information content (AvgIpc) is 2.66. The van der Waals surface area contributed by atoms with Crippen LogP contribution in [0.1, 0.15) is 35.8 Å². The second-order valence-electron chi connectivity index (χ2n) is 3.86. The van der Waals surface area contributed by atoms with Crippen molar-refractivity contribution in [2.45, 2.75) is 32.6 Å². The van der Waals surface area contributed by atoms with E-state index in [9.17, 15) is 10.1 Å². The molecule has 0 saturated heterocycles. The zero-order valence-electron chi connectivity index (χ0n) is 9.59. The number of nitrogens with one attached hydrogen (secondary N) is 1. The summed E-state index contributed by atoms with van der Waals surface area (Å²) in [4.78, 5) is 12.6. The number of hydrogen-bond acceptors (Lipinski definition) is 3. The van der Waals surface area contributed by atoms with Crippen molar-refractivity contribution in [2.75, 3.05) is 5.32 Å². The van der Waals surface area contributed by atoms with E-state index in [1.54, 1.807) is 6.92 Å². The fourth-order valence-electron chi connectivity index (χ4n) is 2.02. The molecule has 0 unspecified atom stereocenters. The first-order chi connectivity index (χ1) is 8.26. The van der Waals surface area contributed by atoms with Gasteiger partial charge >= 0.3 is 5.91 Å². The second-order valence-corrected chi connectivity index (χ2v) is 4.96. The molecule has 1 aliphatic carbocycles. The maximum absolute atomic E-state index is 11.4. The van der Waals surface area contributed by atoms with Crippen LogP contribution >= 0.6 is 11.3 Å². The topological polar surface area (TPSA) is 52.9 Å². The SMILES string of the molecule is CC#CC(=O)Nc1sc2c(c1C#N)CCCC2. The maximum atomic E-state index is 11.4. The van der Waals surface area contributed by atoms with Crippen LogP contribution in [-0.2, 0) is 17.6 Å². The van der Waals surface area contributed by atoms with Gasteiger partial charge in [-0.2, -0.15) is 5.26 Å². The molecule has 0 aromatic carbocycles. The van der Waals surface area contributed by atoms with Crippen LogP contribution in [0.3, 0.4) is 0 Å². The Morgan fingerprint density at radius 1 is 1.41 bits per heavy atom. The smallest absolute Gasteiger partial charge is 0.300 e. The number of thiophene rings is 1. The molecular formula is C13H12N2OS. The van der Waals surface area contributed by atoms with Gasteiger partial charge in [0.15, 0.2) is 0 Å². The number of rotatable bonds is 1. The largest absolute Gasteiger partial charge is 0.306 e. The monoisotopic (exact) mass is 244 g/mol. The van der Waals surface area contributed by atoms with Crippen LogP contribution in [0.15, 0.2) is 0 Å². The molecule has 0 atom stereocenters. The highest BCUT2D eigenvalue weighted by Gasteiger charge is 2.21. The predicted octanol–water partition coefficient (Wildman–Crippen LogP) is 2.46. The number of fused-ring (bicyclic) bond motifs is 1. The lowest BCUT2D eigenvalue weighted by atomic mass is 9.96. The predicted molar refractivity (Wildman–Crippen MR) is 67.8 cm³/mol. The van der Waals surface area contributed by atoms with Crippen LogP contribution in [0, 0.1) is 23.2 Å². The zero-order chi connectivity index (χ0) is 12.3. The number of carbonyl (C=O) groups is 1. The quantitative estimate of drug-likeness (QED) is 0.771. The number of anilines is 1. The summed E-state index contributed by atoms with van der Waals surface area (Å²) in [6.45, 7) is 1.62. The molecule has 0 saturated carbocycles. The standard InChI is InChI=1S/C13H12N2OS/c1-2-5-12(16)15-13-10(8-14)9-6-3-4-7-11(9)17-13/h3-4,6-7H2,1H3,(H,15,16). The van der Waals surface area contributed by atoms with Crippen molar-refractivity contribution in [1.82, 2.24) is 0 Å². The Labute approximate surface area is 104 Å². The Morgan fingerprint density at radius 3 is 2.88 bits per heavy atom. The van der Waals surface area contributed by atoms with Crippen LogP contribution in [-0.4, -0.2) is 5.91 Å². The van der Waals surface area contributed by atoms with E-state index in [0.29, 0.717) is 10.6 Å². The molecule has 0 bridgehead atoms. The first-order valence-corrected chi connectivity index (χ1v) is 6.36. The third-order valence-electron chi connectivity index (χ3n) is 2.75.